The maximum atomic E-state index is 11.3. The minimum Gasteiger partial charge on any atom is -0.744 e. The van der Waals surface area contributed by atoms with E-state index in [1.807, 2.05) is 30.3 Å². The van der Waals surface area contributed by atoms with Crippen LogP contribution in [0.2, 0.25) is 0 Å². The molecule has 0 saturated carbocycles. The number of anilines is 2. The fourth-order valence-corrected chi connectivity index (χ4v) is 5.61. The fraction of sp³-hybridized carbons (Fsp3) is 0.148. The summed E-state index contributed by atoms with van der Waals surface area (Å²) < 4.78 is 67.5. The van der Waals surface area contributed by atoms with Crippen molar-refractivity contribution in [1.82, 2.24) is 15.4 Å². The molecule has 0 saturated heterocycles. The number of nitrogens with zero attached hydrogens (tertiary/aromatic N) is 3. The molecule has 0 aliphatic carbocycles. The molecule has 0 radical (unpaired) electrons. The molecule has 0 aliphatic heterocycles. The number of aromatic nitrogens is 3. The topological polar surface area (TPSA) is 165 Å². The van der Waals surface area contributed by atoms with E-state index in [0.717, 1.165) is 41.7 Å². The average molecular weight is 613 g/mol. The minimum atomic E-state index is -5.13. The molecule has 3 aromatic carbocycles. The molecule has 0 bridgehead atoms. The SMILES string of the molecule is CCc1nnnc(Nc2ccccc2)c1CC.O=S(=O)([O-])c1cccc(C=Cc2ccccc2)c1S(=O)(=O)[O-].[Na+].[Na+]. The summed E-state index contributed by atoms with van der Waals surface area (Å²) in [6.07, 6.45) is 4.56. The quantitative estimate of drug-likeness (QED) is 0.139. The van der Waals surface area contributed by atoms with Gasteiger partial charge in [-0.25, -0.2) is 16.8 Å². The molecule has 0 amide bonds. The van der Waals surface area contributed by atoms with E-state index >= 15 is 0 Å². The molecular weight excluding hydrogens is 586 g/mol. The van der Waals surface area contributed by atoms with Gasteiger partial charge >= 0.3 is 59.1 Å². The molecule has 0 aliphatic rings. The second-order valence-electron chi connectivity index (χ2n) is 8.09. The molecule has 4 rings (SSSR count). The normalized spacial score (nSPS) is 11.0. The maximum absolute atomic E-state index is 11.3. The molecule has 204 valence electrons. The smallest absolute Gasteiger partial charge is 0.744 e. The van der Waals surface area contributed by atoms with Crippen LogP contribution in [0, 0.1) is 0 Å². The van der Waals surface area contributed by atoms with Gasteiger partial charge in [-0.1, -0.05) is 86.7 Å². The van der Waals surface area contributed by atoms with Crippen LogP contribution in [0.1, 0.15) is 36.2 Å². The first kappa shape index (κ1) is 37.1. The molecule has 1 aromatic heterocycles. The van der Waals surface area contributed by atoms with E-state index in [2.05, 4.69) is 34.6 Å². The van der Waals surface area contributed by atoms with Gasteiger partial charge in [-0.3, -0.25) is 0 Å². The van der Waals surface area contributed by atoms with Crippen LogP contribution < -0.4 is 64.4 Å². The Hall–Kier alpha value is -1.97. The van der Waals surface area contributed by atoms with Crippen molar-refractivity contribution in [2.45, 2.75) is 36.5 Å². The van der Waals surface area contributed by atoms with Crippen LogP contribution in [0.15, 0.2) is 88.7 Å². The van der Waals surface area contributed by atoms with Gasteiger partial charge in [-0.2, -0.15) is 0 Å². The summed E-state index contributed by atoms with van der Waals surface area (Å²) in [6.45, 7) is 4.18. The van der Waals surface area contributed by atoms with Crippen LogP contribution in [-0.4, -0.2) is 41.4 Å². The third-order valence-corrected chi connectivity index (χ3v) is 7.42. The minimum absolute atomic E-state index is 0. The van der Waals surface area contributed by atoms with Crippen LogP contribution in [0.3, 0.4) is 0 Å². The molecule has 0 unspecified atom stereocenters. The summed E-state index contributed by atoms with van der Waals surface area (Å²) in [5.74, 6) is 0.811. The molecule has 41 heavy (non-hydrogen) atoms. The maximum Gasteiger partial charge on any atom is 1.00 e. The van der Waals surface area contributed by atoms with Gasteiger partial charge in [0, 0.05) is 11.3 Å². The molecular formula is C27H26N4Na2O6S2. The molecule has 14 heteroatoms. The van der Waals surface area contributed by atoms with Gasteiger partial charge in [-0.05, 0) is 47.4 Å². The van der Waals surface area contributed by atoms with Gasteiger partial charge in [-0.15, -0.1) is 10.2 Å². The monoisotopic (exact) mass is 612 g/mol. The van der Waals surface area contributed by atoms with Crippen molar-refractivity contribution in [3.05, 3.63) is 101 Å². The number of para-hydroxylation sites is 1. The third-order valence-electron chi connectivity index (χ3n) is 5.45. The van der Waals surface area contributed by atoms with Gasteiger partial charge in [0.2, 0.25) is 0 Å². The fourth-order valence-electron chi connectivity index (χ4n) is 3.67. The van der Waals surface area contributed by atoms with Gasteiger partial charge in [0.15, 0.2) is 5.82 Å². The van der Waals surface area contributed by atoms with Gasteiger partial charge in [0.1, 0.15) is 20.2 Å². The van der Waals surface area contributed by atoms with Crippen molar-refractivity contribution < 1.29 is 85.1 Å². The third kappa shape index (κ3) is 11.0. The van der Waals surface area contributed by atoms with Crippen molar-refractivity contribution in [2.75, 3.05) is 5.32 Å². The number of rotatable bonds is 8. The summed E-state index contributed by atoms with van der Waals surface area (Å²) in [6, 6.07) is 22.0. The zero-order valence-electron chi connectivity index (χ0n) is 23.2. The van der Waals surface area contributed by atoms with Crippen LogP contribution in [-0.2, 0) is 33.1 Å². The number of benzene rings is 3. The first-order chi connectivity index (χ1) is 18.5. The molecule has 0 spiro atoms. The van der Waals surface area contributed by atoms with E-state index in [1.165, 1.54) is 24.3 Å². The Labute approximate surface area is 284 Å². The molecule has 0 fully saturated rings. The number of nitrogens with one attached hydrogen (secondary N) is 1. The average Bonchev–Trinajstić information content (AvgIpc) is 2.92. The first-order valence-electron chi connectivity index (χ1n) is 11.9. The Balaban J connectivity index is 0.000000402. The Morgan fingerprint density at radius 1 is 0.732 bits per heavy atom. The largest absolute Gasteiger partial charge is 1.00 e. The first-order valence-corrected chi connectivity index (χ1v) is 14.7. The summed E-state index contributed by atoms with van der Waals surface area (Å²) in [7, 11) is -10.2. The van der Waals surface area contributed by atoms with Crippen LogP contribution in [0.25, 0.3) is 12.2 Å². The van der Waals surface area contributed by atoms with Crippen molar-refractivity contribution in [1.29, 1.82) is 0 Å². The van der Waals surface area contributed by atoms with Gasteiger partial charge < -0.3 is 14.4 Å². The predicted molar refractivity (Wildman–Crippen MR) is 146 cm³/mol. The summed E-state index contributed by atoms with van der Waals surface area (Å²) >= 11 is 0. The van der Waals surface area contributed by atoms with Crippen LogP contribution >= 0.6 is 0 Å². The predicted octanol–water partition coefficient (Wildman–Crippen LogP) is -1.59. The Morgan fingerprint density at radius 3 is 1.88 bits per heavy atom. The molecule has 10 nitrogen and oxygen atoms in total. The van der Waals surface area contributed by atoms with E-state index in [9.17, 15) is 25.9 Å². The molecule has 0 atom stereocenters. The van der Waals surface area contributed by atoms with Crippen molar-refractivity contribution in [3.8, 4) is 0 Å². The summed E-state index contributed by atoms with van der Waals surface area (Å²) in [5, 5.41) is 15.2. The zero-order chi connectivity index (χ0) is 28.5. The van der Waals surface area contributed by atoms with E-state index < -0.39 is 30.0 Å². The molecule has 4 aromatic rings. The molecule has 1 heterocycles. The van der Waals surface area contributed by atoms with Crippen molar-refractivity contribution in [2.24, 2.45) is 0 Å². The number of aryl methyl sites for hydroxylation is 1. The Bertz CT molecular complexity index is 1660. The van der Waals surface area contributed by atoms with Gasteiger partial charge in [0.25, 0.3) is 0 Å². The standard InChI is InChI=1S/C14H12O6S2.C13H16N4.2Na/c15-21(16,17)13-8-4-7-12(14(13)22(18,19)20)10-9-11-5-2-1-3-6-11;1-3-11-12(4-2)15-17-16-13(11)14-10-8-6-5-7-9-10;;/h1-10H,(H,15,16,17)(H,18,19,20);5-9H,3-4H2,1-2H3,(H,14,15,16);;/q;;2*+1/p-2. The number of hydrogen-bond acceptors (Lipinski definition) is 10. The van der Waals surface area contributed by atoms with E-state index in [-0.39, 0.29) is 64.7 Å². The van der Waals surface area contributed by atoms with E-state index in [4.69, 9.17) is 0 Å². The van der Waals surface area contributed by atoms with E-state index in [1.54, 1.807) is 30.3 Å². The Morgan fingerprint density at radius 2 is 1.34 bits per heavy atom. The van der Waals surface area contributed by atoms with Crippen LogP contribution in [0.5, 0.6) is 0 Å². The van der Waals surface area contributed by atoms with Gasteiger partial charge in [0.05, 0.1) is 15.5 Å². The number of hydrogen-bond donors (Lipinski definition) is 1. The second-order valence-corrected chi connectivity index (χ2v) is 10.8. The summed E-state index contributed by atoms with van der Waals surface area (Å²) in [5.41, 5.74) is 3.74. The molecule has 1 N–H and O–H groups in total. The summed E-state index contributed by atoms with van der Waals surface area (Å²) in [4.78, 5) is -2.07. The van der Waals surface area contributed by atoms with E-state index in [0.29, 0.717) is 5.56 Å². The van der Waals surface area contributed by atoms with Crippen molar-refractivity contribution in [3.63, 3.8) is 0 Å². The van der Waals surface area contributed by atoms with Crippen LogP contribution in [0.4, 0.5) is 11.5 Å². The Kier molecular flexibility index (Phi) is 15.6. The second kappa shape index (κ2) is 17.2. The zero-order valence-corrected chi connectivity index (χ0v) is 28.8. The van der Waals surface area contributed by atoms with Crippen molar-refractivity contribution >= 4 is 43.9 Å².